The van der Waals surface area contributed by atoms with Crippen LogP contribution in [0.25, 0.3) is 0 Å². The Bertz CT molecular complexity index is 312. The van der Waals surface area contributed by atoms with E-state index in [-0.39, 0.29) is 12.1 Å². The Hall–Kier alpha value is -0.380. The zero-order chi connectivity index (χ0) is 10.7. The predicted octanol–water partition coefficient (Wildman–Crippen LogP) is 2.49. The van der Waals surface area contributed by atoms with Gasteiger partial charge in [-0.1, -0.05) is 35.0 Å². The average molecular weight is 257 g/mol. The van der Waals surface area contributed by atoms with Crippen molar-refractivity contribution in [2.75, 3.05) is 0 Å². The van der Waals surface area contributed by atoms with Crippen molar-refractivity contribution in [3.05, 3.63) is 33.8 Å². The summed E-state index contributed by atoms with van der Waals surface area (Å²) >= 11 is 3.49. The Morgan fingerprint density at radius 1 is 1.36 bits per heavy atom. The summed E-state index contributed by atoms with van der Waals surface area (Å²) in [5.41, 5.74) is 14.2. The third-order valence-corrected chi connectivity index (χ3v) is 3.37. The smallest absolute Gasteiger partial charge is 0.0449 e. The van der Waals surface area contributed by atoms with E-state index in [0.29, 0.717) is 0 Å². The molecule has 0 saturated carbocycles. The Morgan fingerprint density at radius 3 is 2.50 bits per heavy atom. The second-order valence-corrected chi connectivity index (χ2v) is 4.46. The first kappa shape index (κ1) is 11.7. The third kappa shape index (κ3) is 2.56. The predicted molar refractivity (Wildman–Crippen MR) is 64.1 cm³/mol. The monoisotopic (exact) mass is 256 g/mol. The van der Waals surface area contributed by atoms with Crippen LogP contribution in [-0.4, -0.2) is 6.04 Å². The molecule has 1 aromatic carbocycles. The number of benzene rings is 1. The van der Waals surface area contributed by atoms with Crippen molar-refractivity contribution in [2.24, 2.45) is 11.5 Å². The molecule has 0 radical (unpaired) electrons. The molecule has 14 heavy (non-hydrogen) atoms. The Kier molecular flexibility index (Phi) is 4.11. The molecule has 1 rings (SSSR count). The van der Waals surface area contributed by atoms with Crippen molar-refractivity contribution in [1.29, 1.82) is 0 Å². The van der Waals surface area contributed by atoms with E-state index < -0.39 is 0 Å². The van der Waals surface area contributed by atoms with Crippen molar-refractivity contribution >= 4 is 15.9 Å². The van der Waals surface area contributed by atoms with Crippen LogP contribution in [0.3, 0.4) is 0 Å². The van der Waals surface area contributed by atoms with Crippen LogP contribution in [0.2, 0.25) is 0 Å². The van der Waals surface area contributed by atoms with E-state index in [1.165, 1.54) is 5.56 Å². The lowest BCUT2D eigenvalue weighted by atomic mass is 9.98. The van der Waals surface area contributed by atoms with Crippen molar-refractivity contribution in [2.45, 2.75) is 32.4 Å². The molecule has 0 bridgehead atoms. The molecule has 0 saturated heterocycles. The highest BCUT2D eigenvalue weighted by molar-refractivity contribution is 9.10. The molecule has 0 amide bonds. The molecule has 3 heteroatoms. The maximum Gasteiger partial charge on any atom is 0.0449 e. The molecular formula is C11H17BrN2. The van der Waals surface area contributed by atoms with Crippen molar-refractivity contribution in [3.63, 3.8) is 0 Å². The SMILES string of the molecule is CCC(N)C(N)c1ccc(C)c(Br)c1. The van der Waals surface area contributed by atoms with E-state index in [4.69, 9.17) is 11.5 Å². The van der Waals surface area contributed by atoms with E-state index in [1.54, 1.807) is 0 Å². The highest BCUT2D eigenvalue weighted by Crippen LogP contribution is 2.22. The second-order valence-electron chi connectivity index (χ2n) is 3.61. The largest absolute Gasteiger partial charge is 0.326 e. The summed E-state index contributed by atoms with van der Waals surface area (Å²) in [4.78, 5) is 0. The first-order chi connectivity index (χ1) is 6.56. The van der Waals surface area contributed by atoms with Crippen LogP contribution in [0.15, 0.2) is 22.7 Å². The van der Waals surface area contributed by atoms with Crippen LogP contribution in [0.1, 0.15) is 30.5 Å². The minimum absolute atomic E-state index is 0.0320. The second kappa shape index (κ2) is 4.91. The van der Waals surface area contributed by atoms with Crippen molar-refractivity contribution < 1.29 is 0 Å². The van der Waals surface area contributed by atoms with Crippen LogP contribution in [0, 0.1) is 6.92 Å². The summed E-state index contributed by atoms with van der Waals surface area (Å²) in [7, 11) is 0. The van der Waals surface area contributed by atoms with E-state index in [9.17, 15) is 0 Å². The molecule has 4 N–H and O–H groups in total. The number of aryl methyl sites for hydroxylation is 1. The quantitative estimate of drug-likeness (QED) is 0.874. The first-order valence-corrected chi connectivity index (χ1v) is 5.62. The molecule has 2 unspecified atom stereocenters. The van der Waals surface area contributed by atoms with Gasteiger partial charge in [-0.3, -0.25) is 0 Å². The van der Waals surface area contributed by atoms with Crippen LogP contribution in [0.4, 0.5) is 0 Å². The fourth-order valence-electron chi connectivity index (χ4n) is 1.32. The summed E-state index contributed by atoms with van der Waals surface area (Å²) in [5, 5.41) is 0. The molecule has 1 aromatic rings. The normalized spacial score (nSPS) is 15.2. The van der Waals surface area contributed by atoms with Gasteiger partial charge in [-0.2, -0.15) is 0 Å². The molecule has 0 heterocycles. The molecule has 0 aliphatic rings. The van der Waals surface area contributed by atoms with Crippen LogP contribution in [0.5, 0.6) is 0 Å². The van der Waals surface area contributed by atoms with E-state index >= 15 is 0 Å². The van der Waals surface area contributed by atoms with Crippen LogP contribution < -0.4 is 11.5 Å². The lowest BCUT2D eigenvalue weighted by molar-refractivity contribution is 0.532. The van der Waals surface area contributed by atoms with Crippen LogP contribution >= 0.6 is 15.9 Å². The molecule has 0 aliphatic carbocycles. The van der Waals surface area contributed by atoms with Gasteiger partial charge < -0.3 is 11.5 Å². The van der Waals surface area contributed by atoms with Gasteiger partial charge in [0.2, 0.25) is 0 Å². The van der Waals surface area contributed by atoms with Crippen LogP contribution in [-0.2, 0) is 0 Å². The number of hydrogen-bond acceptors (Lipinski definition) is 2. The maximum atomic E-state index is 6.02. The zero-order valence-corrected chi connectivity index (χ0v) is 10.2. The molecule has 0 aromatic heterocycles. The minimum atomic E-state index is -0.0723. The van der Waals surface area contributed by atoms with Gasteiger partial charge in [0, 0.05) is 16.6 Å². The summed E-state index contributed by atoms with van der Waals surface area (Å²) in [6, 6.07) is 6.11. The summed E-state index contributed by atoms with van der Waals surface area (Å²) < 4.78 is 1.09. The first-order valence-electron chi connectivity index (χ1n) is 4.83. The van der Waals surface area contributed by atoms with Gasteiger partial charge in [0.25, 0.3) is 0 Å². The van der Waals surface area contributed by atoms with Gasteiger partial charge in [0.1, 0.15) is 0 Å². The number of nitrogens with two attached hydrogens (primary N) is 2. The molecular weight excluding hydrogens is 240 g/mol. The molecule has 0 fully saturated rings. The standard InChI is InChI=1S/C11H17BrN2/c1-3-10(13)11(14)8-5-4-7(2)9(12)6-8/h4-6,10-11H,3,13-14H2,1-2H3. The van der Waals surface area contributed by atoms with E-state index in [2.05, 4.69) is 35.0 Å². The van der Waals surface area contributed by atoms with Crippen molar-refractivity contribution in [1.82, 2.24) is 0 Å². The molecule has 78 valence electrons. The fraction of sp³-hybridized carbons (Fsp3) is 0.455. The highest BCUT2D eigenvalue weighted by atomic mass is 79.9. The van der Waals surface area contributed by atoms with Gasteiger partial charge in [-0.15, -0.1) is 0 Å². The van der Waals surface area contributed by atoms with E-state index in [1.807, 2.05) is 13.0 Å². The topological polar surface area (TPSA) is 52.0 Å². The number of rotatable bonds is 3. The minimum Gasteiger partial charge on any atom is -0.326 e. The zero-order valence-electron chi connectivity index (χ0n) is 8.63. The lowest BCUT2D eigenvalue weighted by Gasteiger charge is -2.19. The fourth-order valence-corrected chi connectivity index (χ4v) is 1.71. The number of hydrogen-bond donors (Lipinski definition) is 2. The van der Waals surface area contributed by atoms with Gasteiger partial charge in [-0.05, 0) is 30.5 Å². The Morgan fingerprint density at radius 2 is 2.00 bits per heavy atom. The molecule has 2 nitrogen and oxygen atoms in total. The lowest BCUT2D eigenvalue weighted by Crippen LogP contribution is -2.33. The van der Waals surface area contributed by atoms with Crippen molar-refractivity contribution in [3.8, 4) is 0 Å². The highest BCUT2D eigenvalue weighted by Gasteiger charge is 2.13. The summed E-state index contributed by atoms with van der Waals surface area (Å²) in [5.74, 6) is 0. The van der Waals surface area contributed by atoms with E-state index in [0.717, 1.165) is 16.5 Å². The summed E-state index contributed by atoms with van der Waals surface area (Å²) in [6.45, 7) is 4.10. The van der Waals surface area contributed by atoms with Gasteiger partial charge >= 0.3 is 0 Å². The maximum absolute atomic E-state index is 6.02. The number of halogens is 1. The van der Waals surface area contributed by atoms with Gasteiger partial charge in [-0.25, -0.2) is 0 Å². The third-order valence-electron chi connectivity index (χ3n) is 2.51. The Balaban J connectivity index is 2.91. The average Bonchev–Trinajstić information content (AvgIpc) is 2.20. The molecule has 0 aliphatic heterocycles. The molecule has 0 spiro atoms. The molecule has 2 atom stereocenters. The Labute approximate surface area is 93.8 Å². The van der Waals surface area contributed by atoms with Gasteiger partial charge in [0.15, 0.2) is 0 Å². The summed E-state index contributed by atoms with van der Waals surface area (Å²) in [6.07, 6.45) is 0.895. The van der Waals surface area contributed by atoms with Gasteiger partial charge in [0.05, 0.1) is 0 Å².